The van der Waals surface area contributed by atoms with E-state index in [1.54, 1.807) is 0 Å². The first kappa shape index (κ1) is 9.14. The molecule has 1 aliphatic carbocycles. The van der Waals surface area contributed by atoms with E-state index in [1.807, 2.05) is 0 Å². The Balaban J connectivity index is 2.12. The van der Waals surface area contributed by atoms with E-state index in [2.05, 4.69) is 12.2 Å². The minimum atomic E-state index is -0.493. The van der Waals surface area contributed by atoms with Crippen LogP contribution in [0.5, 0.6) is 0 Å². The lowest BCUT2D eigenvalue weighted by Crippen LogP contribution is -2.29. The lowest BCUT2D eigenvalue weighted by molar-refractivity contribution is -0.122. The topological polar surface area (TPSA) is 29.1 Å². The molecular formula is C7H11Cl2NO. The van der Waals surface area contributed by atoms with E-state index in [0.29, 0.717) is 12.5 Å². The zero-order chi connectivity index (χ0) is 8.43. The predicted molar refractivity (Wildman–Crippen MR) is 45.8 cm³/mol. The zero-order valence-electron chi connectivity index (χ0n) is 6.31. The summed E-state index contributed by atoms with van der Waals surface area (Å²) in [6.45, 7) is 2.41. The van der Waals surface area contributed by atoms with Gasteiger partial charge in [-0.05, 0) is 12.3 Å². The molecular weight excluding hydrogens is 185 g/mol. The Morgan fingerprint density at radius 3 is 2.64 bits per heavy atom. The second-order valence-electron chi connectivity index (χ2n) is 2.96. The summed E-state index contributed by atoms with van der Waals surface area (Å²) in [4.78, 5) is 10.6. The molecule has 64 valence electrons. The van der Waals surface area contributed by atoms with Gasteiger partial charge in [-0.3, -0.25) is 4.79 Å². The molecule has 1 rings (SSSR count). The average molecular weight is 196 g/mol. The summed E-state index contributed by atoms with van der Waals surface area (Å²) in [6, 6.07) is 0. The van der Waals surface area contributed by atoms with E-state index in [-0.39, 0.29) is 11.8 Å². The van der Waals surface area contributed by atoms with Crippen molar-refractivity contribution in [2.75, 3.05) is 6.54 Å². The van der Waals surface area contributed by atoms with Gasteiger partial charge in [0.15, 0.2) is 0 Å². The van der Waals surface area contributed by atoms with Crippen LogP contribution in [0.15, 0.2) is 0 Å². The highest BCUT2D eigenvalue weighted by molar-refractivity contribution is 6.44. The second-order valence-corrected chi connectivity index (χ2v) is 4.23. The summed E-state index contributed by atoms with van der Waals surface area (Å²) in [6.07, 6.45) is 1.00. The Morgan fingerprint density at radius 1 is 1.73 bits per heavy atom. The van der Waals surface area contributed by atoms with Gasteiger partial charge in [0.1, 0.15) is 4.84 Å². The highest BCUT2D eigenvalue weighted by atomic mass is 35.5. The van der Waals surface area contributed by atoms with Crippen molar-refractivity contribution in [1.29, 1.82) is 0 Å². The number of carbonyl (C=O) groups excluding carboxylic acids is 1. The molecule has 0 aromatic heterocycles. The van der Waals surface area contributed by atoms with Gasteiger partial charge in [0.2, 0.25) is 5.91 Å². The van der Waals surface area contributed by atoms with Gasteiger partial charge in [0.25, 0.3) is 0 Å². The van der Waals surface area contributed by atoms with Crippen LogP contribution in [0, 0.1) is 11.8 Å². The summed E-state index contributed by atoms with van der Waals surface area (Å²) in [5.41, 5.74) is 0. The minimum absolute atomic E-state index is 0.0869. The van der Waals surface area contributed by atoms with Gasteiger partial charge in [0.05, 0.1) is 0 Å². The Labute approximate surface area is 76.2 Å². The van der Waals surface area contributed by atoms with E-state index in [9.17, 15) is 4.79 Å². The monoisotopic (exact) mass is 195 g/mol. The van der Waals surface area contributed by atoms with E-state index in [4.69, 9.17) is 23.2 Å². The number of alkyl halides is 2. The van der Waals surface area contributed by atoms with Crippen molar-refractivity contribution in [2.24, 2.45) is 11.8 Å². The fourth-order valence-electron chi connectivity index (χ4n) is 0.996. The number of hydrogen-bond acceptors (Lipinski definition) is 1. The third-order valence-corrected chi connectivity index (χ3v) is 2.19. The molecule has 1 N–H and O–H groups in total. The van der Waals surface area contributed by atoms with Gasteiger partial charge in [-0.25, -0.2) is 0 Å². The van der Waals surface area contributed by atoms with Crippen LogP contribution in [0.1, 0.15) is 13.3 Å². The SMILES string of the molecule is CC1CC1C(=O)NCC(Cl)Cl. The van der Waals surface area contributed by atoms with Crippen molar-refractivity contribution in [3.63, 3.8) is 0 Å². The number of amides is 1. The molecule has 4 heteroatoms. The normalized spacial score (nSPS) is 28.7. The molecule has 1 fully saturated rings. The molecule has 0 aromatic rings. The molecule has 0 aromatic carbocycles. The van der Waals surface area contributed by atoms with E-state index in [0.717, 1.165) is 6.42 Å². The van der Waals surface area contributed by atoms with Crippen LogP contribution >= 0.6 is 23.2 Å². The highest BCUT2D eigenvalue weighted by Crippen LogP contribution is 2.37. The van der Waals surface area contributed by atoms with Crippen molar-refractivity contribution in [3.8, 4) is 0 Å². The lowest BCUT2D eigenvalue weighted by atomic mass is 10.3. The Hall–Kier alpha value is 0.0500. The van der Waals surface area contributed by atoms with Crippen LogP contribution in [-0.4, -0.2) is 17.3 Å². The molecule has 11 heavy (non-hydrogen) atoms. The number of hydrogen-bond donors (Lipinski definition) is 1. The average Bonchev–Trinajstić information content (AvgIpc) is 2.61. The van der Waals surface area contributed by atoms with Crippen LogP contribution in [0.25, 0.3) is 0 Å². The molecule has 0 spiro atoms. The van der Waals surface area contributed by atoms with Crippen LogP contribution in [0.4, 0.5) is 0 Å². The molecule has 1 amide bonds. The fraction of sp³-hybridized carbons (Fsp3) is 0.857. The molecule has 0 saturated heterocycles. The van der Waals surface area contributed by atoms with Gasteiger partial charge >= 0.3 is 0 Å². The third-order valence-electron chi connectivity index (χ3n) is 1.88. The number of carbonyl (C=O) groups is 1. The van der Waals surface area contributed by atoms with Crippen LogP contribution in [-0.2, 0) is 4.79 Å². The van der Waals surface area contributed by atoms with Crippen LogP contribution < -0.4 is 5.32 Å². The zero-order valence-corrected chi connectivity index (χ0v) is 7.82. The maximum atomic E-state index is 11.1. The van der Waals surface area contributed by atoms with Gasteiger partial charge in [0, 0.05) is 12.5 Å². The summed E-state index contributed by atoms with van der Waals surface area (Å²) in [7, 11) is 0. The van der Waals surface area contributed by atoms with Gasteiger partial charge in [-0.2, -0.15) is 0 Å². The smallest absolute Gasteiger partial charge is 0.223 e. The molecule has 0 bridgehead atoms. The van der Waals surface area contributed by atoms with E-state index in [1.165, 1.54) is 0 Å². The van der Waals surface area contributed by atoms with Crippen molar-refractivity contribution in [1.82, 2.24) is 5.32 Å². The number of rotatable bonds is 3. The molecule has 2 unspecified atom stereocenters. The van der Waals surface area contributed by atoms with Gasteiger partial charge < -0.3 is 5.32 Å². The molecule has 0 aliphatic heterocycles. The van der Waals surface area contributed by atoms with Crippen LogP contribution in [0.2, 0.25) is 0 Å². The molecule has 0 heterocycles. The largest absolute Gasteiger partial charge is 0.353 e. The third kappa shape index (κ3) is 2.88. The quantitative estimate of drug-likeness (QED) is 0.682. The summed E-state index contributed by atoms with van der Waals surface area (Å²) >= 11 is 10.9. The summed E-state index contributed by atoms with van der Waals surface area (Å²) < 4.78 is 0. The minimum Gasteiger partial charge on any atom is -0.353 e. The van der Waals surface area contributed by atoms with Crippen LogP contribution in [0.3, 0.4) is 0 Å². The van der Waals surface area contributed by atoms with Crippen molar-refractivity contribution in [2.45, 2.75) is 18.2 Å². The van der Waals surface area contributed by atoms with Gasteiger partial charge in [-0.1, -0.05) is 6.92 Å². The number of nitrogens with one attached hydrogen (secondary N) is 1. The first-order valence-electron chi connectivity index (χ1n) is 3.67. The van der Waals surface area contributed by atoms with Crippen molar-refractivity contribution < 1.29 is 4.79 Å². The fourth-order valence-corrected chi connectivity index (χ4v) is 1.15. The van der Waals surface area contributed by atoms with Crippen molar-refractivity contribution >= 4 is 29.1 Å². The van der Waals surface area contributed by atoms with Gasteiger partial charge in [-0.15, -0.1) is 23.2 Å². The molecule has 1 aliphatic rings. The molecule has 1 saturated carbocycles. The summed E-state index contributed by atoms with van der Waals surface area (Å²) in [5.74, 6) is 0.838. The maximum Gasteiger partial charge on any atom is 0.223 e. The molecule has 2 atom stereocenters. The predicted octanol–water partition coefficient (Wildman–Crippen LogP) is 1.56. The molecule has 0 radical (unpaired) electrons. The Bertz CT molecular complexity index is 161. The maximum absolute atomic E-state index is 11.1. The second kappa shape index (κ2) is 3.63. The molecule has 2 nitrogen and oxygen atoms in total. The summed E-state index contributed by atoms with van der Waals surface area (Å²) in [5, 5.41) is 2.67. The standard InChI is InChI=1S/C7H11Cl2NO/c1-4-2-5(4)7(11)10-3-6(8)9/h4-6H,2-3H2,1H3,(H,10,11). The van der Waals surface area contributed by atoms with E-state index < -0.39 is 4.84 Å². The first-order chi connectivity index (χ1) is 5.11. The Morgan fingerprint density at radius 2 is 2.27 bits per heavy atom. The highest BCUT2D eigenvalue weighted by Gasteiger charge is 2.38. The lowest BCUT2D eigenvalue weighted by Gasteiger charge is -2.03. The number of halogens is 2. The van der Waals surface area contributed by atoms with E-state index >= 15 is 0 Å². The Kier molecular flexibility index (Phi) is 3.02. The van der Waals surface area contributed by atoms with Crippen molar-refractivity contribution in [3.05, 3.63) is 0 Å². The first-order valence-corrected chi connectivity index (χ1v) is 4.54.